The molecule has 24 heavy (non-hydrogen) atoms. The zero-order valence-electron chi connectivity index (χ0n) is 14.2. The van der Waals surface area contributed by atoms with Gasteiger partial charge < -0.3 is 15.4 Å². The highest BCUT2D eigenvalue weighted by atomic mass is 35.5. The molecule has 1 saturated heterocycles. The number of nitrogens with zero attached hydrogens (tertiary/aromatic N) is 1. The third-order valence-electron chi connectivity index (χ3n) is 4.71. The summed E-state index contributed by atoms with van der Waals surface area (Å²) >= 11 is 0. The molecule has 1 heterocycles. The first kappa shape index (κ1) is 18.6. The van der Waals surface area contributed by atoms with Gasteiger partial charge in [-0.3, -0.25) is 4.79 Å². The molecule has 0 radical (unpaired) electrons. The predicted octanol–water partition coefficient (Wildman–Crippen LogP) is 3.32. The highest BCUT2D eigenvalue weighted by Crippen LogP contribution is 2.26. The molecule has 2 unspecified atom stereocenters. The lowest BCUT2D eigenvalue weighted by atomic mass is 9.95. The number of hydrogen-bond acceptors (Lipinski definition) is 3. The van der Waals surface area contributed by atoms with E-state index in [1.165, 1.54) is 0 Å². The summed E-state index contributed by atoms with van der Waals surface area (Å²) in [4.78, 5) is 14.6. The van der Waals surface area contributed by atoms with Crippen molar-refractivity contribution in [1.29, 1.82) is 0 Å². The van der Waals surface area contributed by atoms with Crippen molar-refractivity contribution < 1.29 is 9.53 Å². The van der Waals surface area contributed by atoms with Crippen molar-refractivity contribution in [3.8, 4) is 5.75 Å². The minimum Gasteiger partial charge on any atom is -0.497 e. The SMILES string of the molecule is COc1ccc2cc(C(C)C(=O)N3CCCC(N)C3)ccc2c1.Cl. The fourth-order valence-corrected chi connectivity index (χ4v) is 3.27. The predicted molar refractivity (Wildman–Crippen MR) is 100.0 cm³/mol. The summed E-state index contributed by atoms with van der Waals surface area (Å²) in [5.41, 5.74) is 7.05. The Morgan fingerprint density at radius 1 is 1.25 bits per heavy atom. The van der Waals surface area contributed by atoms with Gasteiger partial charge in [0.2, 0.25) is 5.91 Å². The Balaban J connectivity index is 0.00000208. The van der Waals surface area contributed by atoms with Gasteiger partial charge in [-0.05, 0) is 48.2 Å². The summed E-state index contributed by atoms with van der Waals surface area (Å²) in [6.45, 7) is 3.47. The van der Waals surface area contributed by atoms with Crippen molar-refractivity contribution >= 4 is 29.1 Å². The Morgan fingerprint density at radius 2 is 1.96 bits per heavy atom. The number of rotatable bonds is 3. The van der Waals surface area contributed by atoms with E-state index in [9.17, 15) is 4.79 Å². The van der Waals surface area contributed by atoms with E-state index in [2.05, 4.69) is 12.1 Å². The van der Waals surface area contributed by atoms with Crippen molar-refractivity contribution in [2.75, 3.05) is 20.2 Å². The zero-order chi connectivity index (χ0) is 16.4. The van der Waals surface area contributed by atoms with E-state index in [0.717, 1.165) is 41.5 Å². The van der Waals surface area contributed by atoms with E-state index < -0.39 is 0 Å². The van der Waals surface area contributed by atoms with Gasteiger partial charge in [0.1, 0.15) is 5.75 Å². The molecule has 2 N–H and O–H groups in total. The first-order valence-corrected chi connectivity index (χ1v) is 8.20. The number of benzene rings is 2. The van der Waals surface area contributed by atoms with Crippen molar-refractivity contribution in [1.82, 2.24) is 4.90 Å². The Hall–Kier alpha value is -1.78. The molecule has 0 saturated carbocycles. The number of fused-ring (bicyclic) bond motifs is 1. The second-order valence-corrected chi connectivity index (χ2v) is 6.38. The molecule has 0 bridgehead atoms. The topological polar surface area (TPSA) is 55.6 Å². The lowest BCUT2D eigenvalue weighted by Crippen LogP contribution is -2.47. The van der Waals surface area contributed by atoms with Gasteiger partial charge in [-0.1, -0.05) is 24.3 Å². The monoisotopic (exact) mass is 348 g/mol. The highest BCUT2D eigenvalue weighted by molar-refractivity contribution is 5.88. The maximum absolute atomic E-state index is 12.7. The molecule has 2 atom stereocenters. The quantitative estimate of drug-likeness (QED) is 0.925. The van der Waals surface area contributed by atoms with E-state index in [-0.39, 0.29) is 30.3 Å². The number of hydrogen-bond donors (Lipinski definition) is 1. The number of carbonyl (C=O) groups excluding carboxylic acids is 1. The summed E-state index contributed by atoms with van der Waals surface area (Å²) in [5, 5.41) is 2.24. The fourth-order valence-electron chi connectivity index (χ4n) is 3.27. The molecule has 2 aromatic carbocycles. The van der Waals surface area contributed by atoms with E-state index in [4.69, 9.17) is 10.5 Å². The molecule has 0 aliphatic carbocycles. The standard InChI is InChI=1S/C19H24N2O2.ClH/c1-13(19(22)21-9-3-4-17(20)12-21)14-5-6-16-11-18(23-2)8-7-15(16)10-14;/h5-8,10-11,13,17H,3-4,9,12,20H2,1-2H3;1H. The molecule has 4 nitrogen and oxygen atoms in total. The summed E-state index contributed by atoms with van der Waals surface area (Å²) in [6, 6.07) is 12.3. The summed E-state index contributed by atoms with van der Waals surface area (Å²) in [6.07, 6.45) is 2.01. The first-order chi connectivity index (χ1) is 11.1. The normalized spacial score (nSPS) is 18.8. The van der Waals surface area contributed by atoms with Crippen LogP contribution in [0.4, 0.5) is 0 Å². The number of carbonyl (C=O) groups is 1. The van der Waals surface area contributed by atoms with Crippen LogP contribution < -0.4 is 10.5 Å². The highest BCUT2D eigenvalue weighted by Gasteiger charge is 2.26. The summed E-state index contributed by atoms with van der Waals surface area (Å²) in [7, 11) is 1.67. The fraction of sp³-hybridized carbons (Fsp3) is 0.421. The van der Waals surface area contributed by atoms with Crippen molar-refractivity contribution in [3.05, 3.63) is 42.0 Å². The number of halogens is 1. The molecule has 1 aliphatic rings. The second-order valence-electron chi connectivity index (χ2n) is 6.38. The number of amides is 1. The van der Waals surface area contributed by atoms with Crippen LogP contribution in [-0.4, -0.2) is 37.0 Å². The van der Waals surface area contributed by atoms with Gasteiger partial charge in [-0.25, -0.2) is 0 Å². The molecule has 2 aromatic rings. The van der Waals surface area contributed by atoms with Crippen LogP contribution in [0.25, 0.3) is 10.8 Å². The van der Waals surface area contributed by atoms with Crippen molar-refractivity contribution in [3.63, 3.8) is 0 Å². The van der Waals surface area contributed by atoms with Crippen LogP contribution in [0.15, 0.2) is 36.4 Å². The van der Waals surface area contributed by atoms with Gasteiger partial charge in [0.25, 0.3) is 0 Å². The Kier molecular flexibility index (Phi) is 6.08. The molecule has 1 amide bonds. The van der Waals surface area contributed by atoms with Gasteiger partial charge >= 0.3 is 0 Å². The van der Waals surface area contributed by atoms with Gasteiger partial charge in [0, 0.05) is 19.1 Å². The Labute approximate surface area is 149 Å². The van der Waals surface area contributed by atoms with Crippen LogP contribution in [-0.2, 0) is 4.79 Å². The summed E-state index contributed by atoms with van der Waals surface area (Å²) < 4.78 is 5.25. The van der Waals surface area contributed by atoms with Crippen LogP contribution in [0.2, 0.25) is 0 Å². The van der Waals surface area contributed by atoms with E-state index >= 15 is 0 Å². The Bertz CT molecular complexity index is 720. The van der Waals surface area contributed by atoms with Crippen LogP contribution in [0.1, 0.15) is 31.2 Å². The lowest BCUT2D eigenvalue weighted by Gasteiger charge is -2.32. The molecular weight excluding hydrogens is 324 g/mol. The van der Waals surface area contributed by atoms with Crippen LogP contribution in [0.5, 0.6) is 5.75 Å². The molecular formula is C19H25ClN2O2. The lowest BCUT2D eigenvalue weighted by molar-refractivity contribution is -0.133. The zero-order valence-corrected chi connectivity index (χ0v) is 15.0. The van der Waals surface area contributed by atoms with E-state index in [0.29, 0.717) is 6.54 Å². The molecule has 0 spiro atoms. The number of likely N-dealkylation sites (tertiary alicyclic amines) is 1. The number of methoxy groups -OCH3 is 1. The third kappa shape index (κ3) is 3.82. The number of piperidine rings is 1. The van der Waals surface area contributed by atoms with E-state index in [1.54, 1.807) is 7.11 Å². The minimum absolute atomic E-state index is 0. The Morgan fingerprint density at radius 3 is 2.67 bits per heavy atom. The van der Waals surface area contributed by atoms with E-state index in [1.807, 2.05) is 36.1 Å². The third-order valence-corrected chi connectivity index (χ3v) is 4.71. The smallest absolute Gasteiger partial charge is 0.229 e. The number of nitrogens with two attached hydrogens (primary N) is 1. The van der Waals surface area contributed by atoms with Crippen LogP contribution in [0.3, 0.4) is 0 Å². The van der Waals surface area contributed by atoms with Crippen molar-refractivity contribution in [2.24, 2.45) is 5.73 Å². The first-order valence-electron chi connectivity index (χ1n) is 8.20. The van der Waals surface area contributed by atoms with Crippen LogP contribution in [0, 0.1) is 0 Å². The molecule has 1 fully saturated rings. The minimum atomic E-state index is -0.146. The van der Waals surface area contributed by atoms with Gasteiger partial charge in [-0.2, -0.15) is 0 Å². The molecule has 5 heteroatoms. The maximum atomic E-state index is 12.7. The average Bonchev–Trinajstić information content (AvgIpc) is 2.59. The number of ether oxygens (including phenoxy) is 1. The molecule has 130 valence electrons. The molecule has 3 rings (SSSR count). The largest absolute Gasteiger partial charge is 0.497 e. The average molecular weight is 349 g/mol. The maximum Gasteiger partial charge on any atom is 0.229 e. The second kappa shape index (κ2) is 7.86. The van der Waals surface area contributed by atoms with Gasteiger partial charge in [-0.15, -0.1) is 12.4 Å². The van der Waals surface area contributed by atoms with Gasteiger partial charge in [0.05, 0.1) is 13.0 Å². The molecule has 0 aromatic heterocycles. The van der Waals surface area contributed by atoms with Gasteiger partial charge in [0.15, 0.2) is 0 Å². The molecule has 1 aliphatic heterocycles. The van der Waals surface area contributed by atoms with Crippen LogP contribution >= 0.6 is 12.4 Å². The summed E-state index contributed by atoms with van der Waals surface area (Å²) in [5.74, 6) is 0.872. The van der Waals surface area contributed by atoms with Crippen molar-refractivity contribution in [2.45, 2.75) is 31.7 Å².